The number of benzene rings is 1. The topological polar surface area (TPSA) is 88.5 Å². The standard InChI is InChI=1S/C21H21ClFN5O3S2/c1-11-16(20(30)31-4)18(33-17(11)19(29)27(2)3)26-21(32)25-14-8-24-28(10-14)9-12-5-6-13(23)7-15(12)22/h5-8,10H,9H2,1-4H3,(H2,25,26,32). The first-order valence-corrected chi connectivity index (χ1v) is 11.2. The van der Waals surface area contributed by atoms with Crippen molar-refractivity contribution in [1.82, 2.24) is 14.7 Å². The first-order valence-electron chi connectivity index (χ1n) is 9.58. The summed E-state index contributed by atoms with van der Waals surface area (Å²) in [5.74, 6) is -1.21. The molecule has 0 saturated carbocycles. The van der Waals surface area contributed by atoms with E-state index in [0.717, 1.165) is 11.3 Å². The van der Waals surface area contributed by atoms with E-state index in [1.54, 1.807) is 44.2 Å². The minimum absolute atomic E-state index is 0.199. The highest BCUT2D eigenvalue weighted by atomic mass is 35.5. The molecule has 0 aliphatic carbocycles. The van der Waals surface area contributed by atoms with Crippen LogP contribution < -0.4 is 10.6 Å². The molecule has 33 heavy (non-hydrogen) atoms. The van der Waals surface area contributed by atoms with Crippen LogP contribution in [0.3, 0.4) is 0 Å². The number of esters is 1. The number of methoxy groups -OCH3 is 1. The number of aromatic nitrogens is 2. The molecule has 2 aromatic heterocycles. The molecule has 2 N–H and O–H groups in total. The molecule has 1 amide bonds. The first-order chi connectivity index (χ1) is 15.6. The van der Waals surface area contributed by atoms with E-state index in [1.807, 2.05) is 0 Å². The van der Waals surface area contributed by atoms with Gasteiger partial charge in [0.15, 0.2) is 5.11 Å². The molecular weight excluding hydrogens is 489 g/mol. The van der Waals surface area contributed by atoms with Crippen LogP contribution in [0, 0.1) is 12.7 Å². The van der Waals surface area contributed by atoms with E-state index in [9.17, 15) is 14.0 Å². The summed E-state index contributed by atoms with van der Waals surface area (Å²) in [5.41, 5.74) is 2.06. The van der Waals surface area contributed by atoms with Crippen LogP contribution in [0.25, 0.3) is 0 Å². The molecule has 174 valence electrons. The van der Waals surface area contributed by atoms with Gasteiger partial charge < -0.3 is 20.3 Å². The third-order valence-corrected chi connectivity index (χ3v) is 6.35. The van der Waals surface area contributed by atoms with Crippen molar-refractivity contribution in [2.75, 3.05) is 31.8 Å². The Labute approximate surface area is 204 Å². The van der Waals surface area contributed by atoms with Crippen LogP contribution in [-0.2, 0) is 11.3 Å². The maximum absolute atomic E-state index is 13.2. The second-order valence-electron chi connectivity index (χ2n) is 7.19. The molecular formula is C21H21ClFN5O3S2. The lowest BCUT2D eigenvalue weighted by Crippen LogP contribution is -2.21. The number of carbonyl (C=O) groups is 2. The molecule has 3 aromatic rings. The first kappa shape index (κ1) is 24.6. The fourth-order valence-electron chi connectivity index (χ4n) is 2.96. The summed E-state index contributed by atoms with van der Waals surface area (Å²) >= 11 is 12.6. The Bertz CT molecular complexity index is 1220. The zero-order valence-electron chi connectivity index (χ0n) is 18.2. The Kier molecular flexibility index (Phi) is 7.67. The average molecular weight is 510 g/mol. The maximum Gasteiger partial charge on any atom is 0.341 e. The Hall–Kier alpha value is -3.02. The molecule has 0 bridgehead atoms. The van der Waals surface area contributed by atoms with E-state index in [0.29, 0.717) is 38.3 Å². The van der Waals surface area contributed by atoms with Gasteiger partial charge in [-0.1, -0.05) is 17.7 Å². The summed E-state index contributed by atoms with van der Waals surface area (Å²) in [4.78, 5) is 26.7. The van der Waals surface area contributed by atoms with Crippen molar-refractivity contribution >= 4 is 62.8 Å². The van der Waals surface area contributed by atoms with E-state index < -0.39 is 11.8 Å². The minimum Gasteiger partial charge on any atom is -0.465 e. The predicted molar refractivity (Wildman–Crippen MR) is 131 cm³/mol. The Balaban J connectivity index is 1.75. The summed E-state index contributed by atoms with van der Waals surface area (Å²) in [6.07, 6.45) is 3.27. The van der Waals surface area contributed by atoms with Gasteiger partial charge in [0.25, 0.3) is 5.91 Å². The van der Waals surface area contributed by atoms with Gasteiger partial charge in [-0.25, -0.2) is 9.18 Å². The van der Waals surface area contributed by atoms with Gasteiger partial charge >= 0.3 is 5.97 Å². The van der Waals surface area contributed by atoms with Gasteiger partial charge in [0.2, 0.25) is 0 Å². The number of hydrogen-bond acceptors (Lipinski definition) is 6. The van der Waals surface area contributed by atoms with Crippen LogP contribution in [0.2, 0.25) is 5.02 Å². The molecule has 8 nitrogen and oxygen atoms in total. The quantitative estimate of drug-likeness (QED) is 0.376. The van der Waals surface area contributed by atoms with Crippen molar-refractivity contribution in [2.45, 2.75) is 13.5 Å². The number of thiophene rings is 1. The molecule has 0 aliphatic heterocycles. The van der Waals surface area contributed by atoms with Crippen molar-refractivity contribution in [2.24, 2.45) is 0 Å². The number of hydrogen-bond donors (Lipinski definition) is 2. The summed E-state index contributed by atoms with van der Waals surface area (Å²) in [6.45, 7) is 2.03. The minimum atomic E-state index is -0.573. The smallest absolute Gasteiger partial charge is 0.341 e. The van der Waals surface area contributed by atoms with Gasteiger partial charge in [0.1, 0.15) is 10.8 Å². The number of ether oxygens (including phenoxy) is 1. The molecule has 0 unspecified atom stereocenters. The lowest BCUT2D eigenvalue weighted by Gasteiger charge is -2.09. The molecule has 1 aromatic carbocycles. The number of nitrogens with zero attached hydrogens (tertiary/aromatic N) is 3. The fourth-order valence-corrected chi connectivity index (χ4v) is 4.69. The monoisotopic (exact) mass is 509 g/mol. The van der Waals surface area contributed by atoms with Crippen LogP contribution >= 0.6 is 35.2 Å². The van der Waals surface area contributed by atoms with Crippen molar-refractivity contribution in [1.29, 1.82) is 0 Å². The molecule has 3 rings (SSSR count). The summed E-state index contributed by atoms with van der Waals surface area (Å²) in [6, 6.07) is 4.18. The summed E-state index contributed by atoms with van der Waals surface area (Å²) in [5, 5.41) is 11.1. The van der Waals surface area contributed by atoms with Gasteiger partial charge in [-0.2, -0.15) is 5.10 Å². The normalized spacial score (nSPS) is 10.6. The van der Waals surface area contributed by atoms with E-state index >= 15 is 0 Å². The number of thiocarbonyl (C=S) groups is 1. The van der Waals surface area contributed by atoms with Crippen LogP contribution in [0.5, 0.6) is 0 Å². The Morgan fingerprint density at radius 2 is 2.06 bits per heavy atom. The predicted octanol–water partition coefficient (Wildman–Crippen LogP) is 4.39. The number of rotatable bonds is 6. The van der Waals surface area contributed by atoms with Crippen molar-refractivity contribution in [3.05, 3.63) is 63.0 Å². The average Bonchev–Trinajstić information content (AvgIpc) is 3.32. The fraction of sp³-hybridized carbons (Fsp3) is 0.238. The van der Waals surface area contributed by atoms with E-state index in [2.05, 4.69) is 15.7 Å². The molecule has 0 fully saturated rings. The lowest BCUT2D eigenvalue weighted by atomic mass is 10.1. The van der Waals surface area contributed by atoms with Crippen molar-refractivity contribution in [3.63, 3.8) is 0 Å². The third kappa shape index (κ3) is 5.67. The molecule has 2 heterocycles. The molecule has 0 radical (unpaired) electrons. The highest BCUT2D eigenvalue weighted by molar-refractivity contribution is 7.80. The van der Waals surface area contributed by atoms with Gasteiger partial charge in [-0.15, -0.1) is 11.3 Å². The zero-order chi connectivity index (χ0) is 24.3. The van der Waals surface area contributed by atoms with Gasteiger partial charge in [-0.3, -0.25) is 9.48 Å². The van der Waals surface area contributed by atoms with Gasteiger partial charge in [-0.05, 0) is 42.4 Å². The number of nitrogens with one attached hydrogen (secondary N) is 2. The van der Waals surface area contributed by atoms with E-state index in [1.165, 1.54) is 24.1 Å². The van der Waals surface area contributed by atoms with E-state index in [-0.39, 0.29) is 16.6 Å². The third-order valence-electron chi connectivity index (χ3n) is 4.60. The second kappa shape index (κ2) is 10.3. The summed E-state index contributed by atoms with van der Waals surface area (Å²) < 4.78 is 19.7. The second-order valence-corrected chi connectivity index (χ2v) is 9.03. The maximum atomic E-state index is 13.2. The Morgan fingerprint density at radius 3 is 2.70 bits per heavy atom. The largest absolute Gasteiger partial charge is 0.465 e. The number of halogens is 2. The molecule has 0 spiro atoms. The lowest BCUT2D eigenvalue weighted by molar-refractivity contribution is 0.0601. The zero-order valence-corrected chi connectivity index (χ0v) is 20.6. The number of amides is 1. The molecule has 12 heteroatoms. The van der Waals surface area contributed by atoms with Crippen LogP contribution in [-0.4, -0.2) is 52.9 Å². The highest BCUT2D eigenvalue weighted by Gasteiger charge is 2.26. The van der Waals surface area contributed by atoms with E-state index in [4.69, 9.17) is 28.6 Å². The molecule has 0 aliphatic rings. The van der Waals surface area contributed by atoms with Crippen LogP contribution in [0.4, 0.5) is 15.1 Å². The molecule has 0 atom stereocenters. The van der Waals surface area contributed by atoms with Gasteiger partial charge in [0.05, 0.1) is 36.0 Å². The van der Waals surface area contributed by atoms with Crippen LogP contribution in [0.15, 0.2) is 30.6 Å². The summed E-state index contributed by atoms with van der Waals surface area (Å²) in [7, 11) is 4.54. The number of carbonyl (C=O) groups excluding carboxylic acids is 2. The molecule has 0 saturated heterocycles. The van der Waals surface area contributed by atoms with Crippen molar-refractivity contribution in [3.8, 4) is 0 Å². The van der Waals surface area contributed by atoms with Crippen LogP contribution in [0.1, 0.15) is 31.2 Å². The van der Waals surface area contributed by atoms with Gasteiger partial charge in [0, 0.05) is 25.3 Å². The highest BCUT2D eigenvalue weighted by Crippen LogP contribution is 2.34. The Morgan fingerprint density at radius 1 is 1.33 bits per heavy atom. The SMILES string of the molecule is COC(=O)c1c(NC(=S)Nc2cnn(Cc3ccc(F)cc3Cl)c2)sc(C(=O)N(C)C)c1C. The number of anilines is 2. The van der Waals surface area contributed by atoms with Crippen molar-refractivity contribution < 1.29 is 18.7 Å².